The van der Waals surface area contributed by atoms with Crippen molar-refractivity contribution in [3.8, 4) is 5.75 Å². The lowest BCUT2D eigenvalue weighted by Gasteiger charge is -2.18. The van der Waals surface area contributed by atoms with Gasteiger partial charge in [-0.3, -0.25) is 14.4 Å². The Morgan fingerprint density at radius 1 is 0.941 bits per heavy atom. The van der Waals surface area contributed by atoms with E-state index in [-0.39, 0.29) is 27.7 Å². The van der Waals surface area contributed by atoms with Crippen molar-refractivity contribution < 1.29 is 23.5 Å². The van der Waals surface area contributed by atoms with Crippen LogP contribution in [0.5, 0.6) is 5.75 Å². The van der Waals surface area contributed by atoms with E-state index in [0.717, 1.165) is 4.90 Å². The van der Waals surface area contributed by atoms with Crippen LogP contribution in [-0.4, -0.2) is 24.8 Å². The van der Waals surface area contributed by atoms with Gasteiger partial charge in [-0.2, -0.15) is 0 Å². The van der Waals surface area contributed by atoms with Gasteiger partial charge in [0.15, 0.2) is 0 Å². The van der Waals surface area contributed by atoms with Gasteiger partial charge in [-0.15, -0.1) is 0 Å². The lowest BCUT2D eigenvalue weighted by molar-refractivity contribution is -0.120. The van der Waals surface area contributed by atoms with E-state index >= 15 is 0 Å². The predicted molar refractivity (Wildman–Crippen MR) is 128 cm³/mol. The molecule has 0 aliphatic carbocycles. The standard InChI is InChI=1S/C24H16Cl2FN3O4/c1-34-19-10-5-14(25)12-18(19)30-23(32)20(26)21(24(30)33)28-17-4-2-3-13(11-17)22(31)29-16-8-6-15(27)7-9-16/h2-12,28H,1H3,(H,29,31). The normalized spacial score (nSPS) is 13.4. The van der Waals surface area contributed by atoms with Crippen LogP contribution in [0.3, 0.4) is 0 Å². The molecule has 0 unspecified atom stereocenters. The van der Waals surface area contributed by atoms with Crippen molar-refractivity contribution >= 4 is 58.0 Å². The first-order chi connectivity index (χ1) is 16.3. The highest BCUT2D eigenvalue weighted by atomic mass is 35.5. The summed E-state index contributed by atoms with van der Waals surface area (Å²) in [5, 5.41) is 5.45. The number of nitrogens with zero attached hydrogens (tertiary/aromatic N) is 1. The first-order valence-corrected chi connectivity index (χ1v) is 10.6. The third kappa shape index (κ3) is 4.59. The number of ether oxygens (including phenoxy) is 1. The van der Waals surface area contributed by atoms with Crippen molar-refractivity contribution in [3.05, 3.63) is 93.9 Å². The molecule has 0 fully saturated rings. The van der Waals surface area contributed by atoms with Gasteiger partial charge in [0, 0.05) is 22.0 Å². The second-order valence-electron chi connectivity index (χ2n) is 7.12. The molecule has 4 rings (SSSR count). The van der Waals surface area contributed by atoms with Crippen LogP contribution in [0.1, 0.15) is 10.4 Å². The molecule has 10 heteroatoms. The number of methoxy groups -OCH3 is 1. The van der Waals surface area contributed by atoms with Gasteiger partial charge in [-0.25, -0.2) is 9.29 Å². The topological polar surface area (TPSA) is 87.7 Å². The quantitative estimate of drug-likeness (QED) is 0.456. The molecule has 3 aromatic rings. The predicted octanol–water partition coefficient (Wildman–Crippen LogP) is 5.18. The fraction of sp³-hybridized carbons (Fsp3) is 0.0417. The van der Waals surface area contributed by atoms with Crippen LogP contribution in [0.25, 0.3) is 0 Å². The minimum atomic E-state index is -0.750. The van der Waals surface area contributed by atoms with Crippen molar-refractivity contribution in [3.63, 3.8) is 0 Å². The molecule has 3 amide bonds. The molecule has 0 spiro atoms. The Labute approximate surface area is 203 Å². The molecule has 0 aromatic heterocycles. The van der Waals surface area contributed by atoms with Gasteiger partial charge < -0.3 is 15.4 Å². The molecule has 7 nitrogen and oxygen atoms in total. The minimum absolute atomic E-state index is 0.146. The largest absolute Gasteiger partial charge is 0.495 e. The summed E-state index contributed by atoms with van der Waals surface area (Å²) in [6.45, 7) is 0. The van der Waals surface area contributed by atoms with E-state index in [1.165, 1.54) is 49.6 Å². The van der Waals surface area contributed by atoms with Gasteiger partial charge in [0.25, 0.3) is 17.7 Å². The number of rotatable bonds is 6. The zero-order chi connectivity index (χ0) is 24.4. The highest BCUT2D eigenvalue weighted by Gasteiger charge is 2.40. The highest BCUT2D eigenvalue weighted by Crippen LogP contribution is 2.37. The summed E-state index contributed by atoms with van der Waals surface area (Å²) < 4.78 is 18.3. The number of benzene rings is 3. The molecule has 2 N–H and O–H groups in total. The Hall–Kier alpha value is -3.88. The fourth-order valence-corrected chi connectivity index (χ4v) is 3.67. The highest BCUT2D eigenvalue weighted by molar-refractivity contribution is 6.53. The molecule has 0 atom stereocenters. The average Bonchev–Trinajstić information content (AvgIpc) is 3.03. The number of anilines is 3. The first kappa shape index (κ1) is 23.3. The van der Waals surface area contributed by atoms with Gasteiger partial charge in [0.05, 0.1) is 12.8 Å². The van der Waals surface area contributed by atoms with Crippen LogP contribution in [0.2, 0.25) is 5.02 Å². The van der Waals surface area contributed by atoms with E-state index in [1.807, 2.05) is 0 Å². The van der Waals surface area contributed by atoms with Crippen LogP contribution in [0.4, 0.5) is 21.5 Å². The SMILES string of the molecule is COc1ccc(Cl)cc1N1C(=O)C(Cl)=C(Nc2cccc(C(=O)Nc3ccc(F)cc3)c2)C1=O. The van der Waals surface area contributed by atoms with E-state index in [0.29, 0.717) is 16.4 Å². The van der Waals surface area contributed by atoms with E-state index in [4.69, 9.17) is 27.9 Å². The number of carbonyl (C=O) groups excluding carboxylic acids is 3. The summed E-state index contributed by atoms with van der Waals surface area (Å²) in [5.74, 6) is -2.07. The summed E-state index contributed by atoms with van der Waals surface area (Å²) in [6.07, 6.45) is 0. The second-order valence-corrected chi connectivity index (χ2v) is 7.93. The zero-order valence-electron chi connectivity index (χ0n) is 17.6. The molecule has 0 saturated carbocycles. The van der Waals surface area contributed by atoms with Crippen LogP contribution in [-0.2, 0) is 9.59 Å². The van der Waals surface area contributed by atoms with Gasteiger partial charge in [0.2, 0.25) is 0 Å². The molecular weight excluding hydrogens is 484 g/mol. The summed E-state index contributed by atoms with van der Waals surface area (Å²) in [7, 11) is 1.40. The number of imide groups is 1. The maximum Gasteiger partial charge on any atom is 0.283 e. The molecule has 172 valence electrons. The molecule has 1 aliphatic heterocycles. The minimum Gasteiger partial charge on any atom is -0.495 e. The van der Waals surface area contributed by atoms with E-state index in [1.54, 1.807) is 24.3 Å². The van der Waals surface area contributed by atoms with Crippen molar-refractivity contribution in [1.82, 2.24) is 0 Å². The van der Waals surface area contributed by atoms with Gasteiger partial charge in [0.1, 0.15) is 22.3 Å². The smallest absolute Gasteiger partial charge is 0.283 e. The molecule has 0 radical (unpaired) electrons. The van der Waals surface area contributed by atoms with Gasteiger partial charge >= 0.3 is 0 Å². The lowest BCUT2D eigenvalue weighted by Crippen LogP contribution is -2.32. The summed E-state index contributed by atoms with van der Waals surface area (Å²) in [4.78, 5) is 39.3. The third-order valence-corrected chi connectivity index (χ3v) is 5.49. The second kappa shape index (κ2) is 9.54. The van der Waals surface area contributed by atoms with Crippen LogP contribution in [0, 0.1) is 5.82 Å². The van der Waals surface area contributed by atoms with Crippen molar-refractivity contribution in [1.29, 1.82) is 0 Å². The zero-order valence-corrected chi connectivity index (χ0v) is 19.1. The number of hydrogen-bond acceptors (Lipinski definition) is 5. The summed E-state index contributed by atoms with van der Waals surface area (Å²) >= 11 is 12.2. The fourth-order valence-electron chi connectivity index (χ4n) is 3.29. The first-order valence-electron chi connectivity index (χ1n) is 9.84. The van der Waals surface area contributed by atoms with Gasteiger partial charge in [-0.05, 0) is 60.7 Å². The Bertz CT molecular complexity index is 1340. The Morgan fingerprint density at radius 3 is 2.38 bits per heavy atom. The van der Waals surface area contributed by atoms with Crippen LogP contribution >= 0.6 is 23.2 Å². The molecule has 34 heavy (non-hydrogen) atoms. The van der Waals surface area contributed by atoms with Crippen molar-refractivity contribution in [2.75, 3.05) is 22.6 Å². The Morgan fingerprint density at radius 2 is 1.68 bits per heavy atom. The number of amides is 3. The molecule has 3 aromatic carbocycles. The third-order valence-electron chi connectivity index (χ3n) is 4.91. The average molecular weight is 500 g/mol. The maximum absolute atomic E-state index is 13.1. The van der Waals surface area contributed by atoms with Crippen LogP contribution < -0.4 is 20.3 Å². The molecule has 0 bridgehead atoms. The molecule has 1 aliphatic rings. The van der Waals surface area contributed by atoms with E-state index in [9.17, 15) is 18.8 Å². The molecular formula is C24H16Cl2FN3O4. The Kier molecular flexibility index (Phi) is 6.54. The lowest BCUT2D eigenvalue weighted by atomic mass is 10.1. The number of nitrogens with one attached hydrogen (secondary N) is 2. The van der Waals surface area contributed by atoms with Crippen molar-refractivity contribution in [2.24, 2.45) is 0 Å². The summed E-state index contributed by atoms with van der Waals surface area (Å²) in [6, 6.07) is 16.1. The Balaban J connectivity index is 1.56. The number of hydrogen-bond donors (Lipinski definition) is 2. The van der Waals surface area contributed by atoms with E-state index < -0.39 is 23.5 Å². The molecule has 1 heterocycles. The van der Waals surface area contributed by atoms with Gasteiger partial charge in [-0.1, -0.05) is 29.3 Å². The van der Waals surface area contributed by atoms with Crippen molar-refractivity contribution in [2.45, 2.75) is 0 Å². The van der Waals surface area contributed by atoms with Crippen LogP contribution in [0.15, 0.2) is 77.5 Å². The maximum atomic E-state index is 13.1. The number of carbonyl (C=O) groups is 3. The summed E-state index contributed by atoms with van der Waals surface area (Å²) in [5.41, 5.74) is 1.01. The molecule has 0 saturated heterocycles. The monoisotopic (exact) mass is 499 g/mol. The van der Waals surface area contributed by atoms with E-state index in [2.05, 4.69) is 10.6 Å². The number of halogens is 3.